The molecule has 0 unspecified atom stereocenters. The predicted molar refractivity (Wildman–Crippen MR) is 62.2 cm³/mol. The summed E-state index contributed by atoms with van der Waals surface area (Å²) in [6.45, 7) is 0. The number of hydrogen-bond donors (Lipinski definition) is 0. The molecule has 0 spiro atoms. The van der Waals surface area contributed by atoms with E-state index in [2.05, 4.69) is 14.8 Å². The van der Waals surface area contributed by atoms with Gasteiger partial charge in [-0.15, -0.1) is 0 Å². The van der Waals surface area contributed by atoms with Crippen LogP contribution in [0.3, 0.4) is 0 Å². The summed E-state index contributed by atoms with van der Waals surface area (Å²) >= 11 is 0. The van der Waals surface area contributed by atoms with Gasteiger partial charge in [-0.1, -0.05) is 0 Å². The third-order valence-electron chi connectivity index (χ3n) is 2.40. The topological polar surface area (TPSA) is 57.0 Å². The first kappa shape index (κ1) is 11.3. The van der Waals surface area contributed by atoms with Crippen molar-refractivity contribution in [1.29, 1.82) is 0 Å². The summed E-state index contributed by atoms with van der Waals surface area (Å²) in [6, 6.07) is 3.75. The van der Waals surface area contributed by atoms with Gasteiger partial charge in [-0.05, 0) is 12.1 Å². The Morgan fingerprint density at radius 2 is 2.35 bits per heavy atom. The van der Waals surface area contributed by atoms with Gasteiger partial charge in [0.05, 0.1) is 19.2 Å². The van der Waals surface area contributed by atoms with Crippen molar-refractivity contribution in [3.05, 3.63) is 36.3 Å². The van der Waals surface area contributed by atoms with Crippen LogP contribution >= 0.6 is 0 Å². The first-order chi connectivity index (χ1) is 8.20. The number of aromatic nitrogens is 3. The zero-order valence-electron chi connectivity index (χ0n) is 9.75. The van der Waals surface area contributed by atoms with Crippen LogP contribution < -0.4 is 0 Å². The molecular formula is C12H13N3O2. The van der Waals surface area contributed by atoms with Crippen LogP contribution in [0.15, 0.2) is 30.7 Å². The van der Waals surface area contributed by atoms with Gasteiger partial charge in [0.25, 0.3) is 0 Å². The van der Waals surface area contributed by atoms with Gasteiger partial charge in [0.2, 0.25) is 0 Å². The molecule has 0 saturated carbocycles. The highest BCUT2D eigenvalue weighted by Crippen LogP contribution is 2.21. The molecule has 88 valence electrons. The summed E-state index contributed by atoms with van der Waals surface area (Å²) < 4.78 is 6.34. The van der Waals surface area contributed by atoms with E-state index in [1.165, 1.54) is 7.11 Å². The van der Waals surface area contributed by atoms with E-state index in [9.17, 15) is 4.79 Å². The van der Waals surface area contributed by atoms with E-state index in [-0.39, 0.29) is 12.4 Å². The number of ether oxygens (including phenoxy) is 1. The molecule has 0 N–H and O–H groups in total. The summed E-state index contributed by atoms with van der Waals surface area (Å²) in [7, 11) is 3.20. The number of rotatable bonds is 3. The Balaban J connectivity index is 2.37. The molecule has 2 aromatic heterocycles. The Hall–Kier alpha value is -2.17. The van der Waals surface area contributed by atoms with Crippen molar-refractivity contribution in [2.75, 3.05) is 7.11 Å². The van der Waals surface area contributed by atoms with E-state index in [1.54, 1.807) is 17.1 Å². The predicted octanol–water partition coefficient (Wildman–Crippen LogP) is 1.20. The van der Waals surface area contributed by atoms with Gasteiger partial charge in [0.15, 0.2) is 0 Å². The fraction of sp³-hybridized carbons (Fsp3) is 0.250. The monoisotopic (exact) mass is 231 g/mol. The molecule has 0 saturated heterocycles. The standard InChI is InChI=1S/C12H13N3O2/c1-15-8-10(6-11(16)17-2)12(14-15)9-4-3-5-13-7-9/h3-5,7-8H,6H2,1-2H3. The van der Waals surface area contributed by atoms with Gasteiger partial charge < -0.3 is 4.74 Å². The summed E-state index contributed by atoms with van der Waals surface area (Å²) in [6.07, 6.45) is 5.46. The van der Waals surface area contributed by atoms with Gasteiger partial charge >= 0.3 is 5.97 Å². The normalized spacial score (nSPS) is 10.2. The van der Waals surface area contributed by atoms with Crippen LogP contribution in [0.5, 0.6) is 0 Å². The minimum absolute atomic E-state index is 0.217. The third-order valence-corrected chi connectivity index (χ3v) is 2.40. The molecule has 0 fully saturated rings. The number of hydrogen-bond acceptors (Lipinski definition) is 4. The fourth-order valence-electron chi connectivity index (χ4n) is 1.64. The molecule has 0 amide bonds. The Bertz CT molecular complexity index is 520. The third kappa shape index (κ3) is 2.50. The van der Waals surface area contributed by atoms with Crippen molar-refractivity contribution in [1.82, 2.24) is 14.8 Å². The van der Waals surface area contributed by atoms with Crippen molar-refractivity contribution < 1.29 is 9.53 Å². The van der Waals surface area contributed by atoms with Crippen LogP contribution in [0.4, 0.5) is 0 Å². The highest BCUT2D eigenvalue weighted by atomic mass is 16.5. The largest absolute Gasteiger partial charge is 0.469 e. The molecule has 5 nitrogen and oxygen atoms in total. The van der Waals surface area contributed by atoms with Gasteiger partial charge in [-0.25, -0.2) is 0 Å². The van der Waals surface area contributed by atoms with Crippen molar-refractivity contribution >= 4 is 5.97 Å². The van der Waals surface area contributed by atoms with Crippen molar-refractivity contribution in [3.8, 4) is 11.3 Å². The minimum atomic E-state index is -0.275. The second-order valence-electron chi connectivity index (χ2n) is 3.67. The van der Waals surface area contributed by atoms with Crippen molar-refractivity contribution in [2.45, 2.75) is 6.42 Å². The Morgan fingerprint density at radius 1 is 1.53 bits per heavy atom. The lowest BCUT2D eigenvalue weighted by Crippen LogP contribution is -2.04. The Morgan fingerprint density at radius 3 is 3.00 bits per heavy atom. The van der Waals surface area contributed by atoms with E-state index < -0.39 is 0 Å². The molecule has 2 aromatic rings. The molecular weight excluding hydrogens is 218 g/mol. The van der Waals surface area contributed by atoms with E-state index >= 15 is 0 Å². The second-order valence-corrected chi connectivity index (χ2v) is 3.67. The van der Waals surface area contributed by atoms with Crippen molar-refractivity contribution in [3.63, 3.8) is 0 Å². The number of esters is 1. The number of methoxy groups -OCH3 is 1. The first-order valence-corrected chi connectivity index (χ1v) is 5.20. The summed E-state index contributed by atoms with van der Waals surface area (Å²) in [5.41, 5.74) is 2.50. The maximum atomic E-state index is 11.3. The first-order valence-electron chi connectivity index (χ1n) is 5.20. The number of aryl methyl sites for hydroxylation is 1. The SMILES string of the molecule is COC(=O)Cc1cn(C)nc1-c1cccnc1. The highest BCUT2D eigenvalue weighted by molar-refractivity contribution is 5.76. The van der Waals surface area contributed by atoms with Gasteiger partial charge in [0, 0.05) is 36.8 Å². The average Bonchev–Trinajstić information content (AvgIpc) is 2.71. The van der Waals surface area contributed by atoms with Crippen LogP contribution in [0.1, 0.15) is 5.56 Å². The highest BCUT2D eigenvalue weighted by Gasteiger charge is 2.13. The van der Waals surface area contributed by atoms with Gasteiger partial charge in [0.1, 0.15) is 0 Å². The van der Waals surface area contributed by atoms with E-state index in [0.717, 1.165) is 16.8 Å². The number of carbonyl (C=O) groups is 1. The van der Waals surface area contributed by atoms with Crippen molar-refractivity contribution in [2.24, 2.45) is 7.05 Å². The minimum Gasteiger partial charge on any atom is -0.469 e. The molecule has 0 aromatic carbocycles. The fourth-order valence-corrected chi connectivity index (χ4v) is 1.64. The second kappa shape index (κ2) is 4.78. The maximum absolute atomic E-state index is 11.3. The van der Waals surface area contributed by atoms with Crippen LogP contribution in [0.25, 0.3) is 11.3 Å². The lowest BCUT2D eigenvalue weighted by atomic mass is 10.1. The molecule has 0 aliphatic carbocycles. The number of nitrogens with zero attached hydrogens (tertiary/aromatic N) is 3. The summed E-state index contributed by atoms with van der Waals surface area (Å²) in [4.78, 5) is 15.3. The van der Waals surface area contributed by atoms with Gasteiger partial charge in [-0.3, -0.25) is 14.5 Å². The molecule has 0 radical (unpaired) electrons. The zero-order chi connectivity index (χ0) is 12.3. The van der Waals surface area contributed by atoms with Crippen LogP contribution in [-0.2, 0) is 23.0 Å². The van der Waals surface area contributed by atoms with Crippen LogP contribution in [0.2, 0.25) is 0 Å². The zero-order valence-corrected chi connectivity index (χ0v) is 9.75. The maximum Gasteiger partial charge on any atom is 0.310 e. The average molecular weight is 231 g/mol. The smallest absolute Gasteiger partial charge is 0.310 e. The number of carbonyl (C=O) groups excluding carboxylic acids is 1. The molecule has 17 heavy (non-hydrogen) atoms. The quantitative estimate of drug-likeness (QED) is 0.745. The van der Waals surface area contributed by atoms with Crippen LogP contribution in [0, 0.1) is 0 Å². The molecule has 0 aliphatic heterocycles. The van der Waals surface area contributed by atoms with E-state index in [1.807, 2.05) is 25.4 Å². The Labute approximate surface area is 99.1 Å². The Kier molecular flexibility index (Phi) is 3.18. The lowest BCUT2D eigenvalue weighted by Gasteiger charge is -2.00. The molecule has 2 heterocycles. The molecule has 0 bridgehead atoms. The summed E-state index contributed by atoms with van der Waals surface area (Å²) in [5.74, 6) is -0.275. The molecule has 2 rings (SSSR count). The molecule has 0 aliphatic rings. The lowest BCUT2D eigenvalue weighted by molar-refractivity contribution is -0.139. The number of pyridine rings is 1. The van der Waals surface area contributed by atoms with Crippen LogP contribution in [-0.4, -0.2) is 27.8 Å². The summed E-state index contributed by atoms with van der Waals surface area (Å²) in [5, 5.41) is 4.34. The van der Waals surface area contributed by atoms with Gasteiger partial charge in [-0.2, -0.15) is 5.10 Å². The molecule has 0 atom stereocenters. The van der Waals surface area contributed by atoms with E-state index in [4.69, 9.17) is 0 Å². The van der Waals surface area contributed by atoms with E-state index in [0.29, 0.717) is 0 Å². The molecule has 5 heteroatoms.